The van der Waals surface area contributed by atoms with Crippen LogP contribution in [-0.2, 0) is 6.42 Å². The third-order valence-electron chi connectivity index (χ3n) is 4.30. The molecule has 0 amide bonds. The summed E-state index contributed by atoms with van der Waals surface area (Å²) in [4.78, 5) is 0. The summed E-state index contributed by atoms with van der Waals surface area (Å²) < 4.78 is 11.4. The van der Waals surface area contributed by atoms with E-state index >= 15 is 0 Å². The monoisotopic (exact) mass is 297 g/mol. The Labute approximate surface area is 132 Å². The minimum absolute atomic E-state index is 0.218. The van der Waals surface area contributed by atoms with E-state index < -0.39 is 0 Å². The number of ether oxygens (including phenoxy) is 2. The van der Waals surface area contributed by atoms with E-state index in [0.29, 0.717) is 6.61 Å². The first-order chi connectivity index (χ1) is 10.8. The number of aryl methyl sites for hydroxylation is 1. The Balaban J connectivity index is 2.11. The largest absolute Gasteiger partial charge is 0.493 e. The molecule has 1 unspecified atom stereocenters. The van der Waals surface area contributed by atoms with Crippen molar-refractivity contribution >= 4 is 0 Å². The fraction of sp³-hybridized carbons (Fsp3) is 0.368. The van der Waals surface area contributed by atoms with Gasteiger partial charge in [-0.2, -0.15) is 0 Å². The van der Waals surface area contributed by atoms with Crippen LogP contribution in [0.4, 0.5) is 0 Å². The second-order valence-corrected chi connectivity index (χ2v) is 5.59. The second-order valence-electron chi connectivity index (χ2n) is 5.59. The minimum atomic E-state index is 0.218. The Kier molecular flexibility index (Phi) is 4.34. The van der Waals surface area contributed by atoms with Crippen LogP contribution in [0.1, 0.15) is 35.2 Å². The Bertz CT molecular complexity index is 666. The van der Waals surface area contributed by atoms with Crippen LogP contribution >= 0.6 is 0 Å². The molecule has 0 saturated heterocycles. The van der Waals surface area contributed by atoms with Gasteiger partial charge in [-0.25, -0.2) is 0 Å². The molecule has 1 heterocycles. The van der Waals surface area contributed by atoms with E-state index in [1.807, 2.05) is 13.0 Å². The summed E-state index contributed by atoms with van der Waals surface area (Å²) in [5, 5.41) is 3.64. The molecule has 22 heavy (non-hydrogen) atoms. The Hall–Kier alpha value is -2.00. The van der Waals surface area contributed by atoms with Crippen molar-refractivity contribution in [1.82, 2.24) is 5.32 Å². The fourth-order valence-electron chi connectivity index (χ4n) is 3.25. The number of methoxy groups -OCH3 is 1. The number of rotatable bonds is 4. The highest BCUT2D eigenvalue weighted by Crippen LogP contribution is 2.40. The summed E-state index contributed by atoms with van der Waals surface area (Å²) in [6.45, 7) is 5.77. The van der Waals surface area contributed by atoms with Crippen LogP contribution in [0.2, 0.25) is 0 Å². The smallest absolute Gasteiger partial charge is 0.164 e. The lowest BCUT2D eigenvalue weighted by Crippen LogP contribution is -2.31. The number of benzene rings is 2. The molecule has 0 saturated carbocycles. The molecule has 1 aliphatic rings. The van der Waals surface area contributed by atoms with Crippen molar-refractivity contribution in [3.63, 3.8) is 0 Å². The lowest BCUT2D eigenvalue weighted by atomic mass is 9.87. The van der Waals surface area contributed by atoms with Gasteiger partial charge in [-0.15, -0.1) is 0 Å². The van der Waals surface area contributed by atoms with E-state index in [-0.39, 0.29) is 6.04 Å². The number of fused-ring (bicyclic) bond motifs is 1. The van der Waals surface area contributed by atoms with Gasteiger partial charge in [-0.1, -0.05) is 30.3 Å². The van der Waals surface area contributed by atoms with Crippen molar-refractivity contribution in [3.05, 3.63) is 58.7 Å². The fourth-order valence-corrected chi connectivity index (χ4v) is 3.25. The van der Waals surface area contributed by atoms with Crippen molar-refractivity contribution < 1.29 is 9.47 Å². The van der Waals surface area contributed by atoms with Gasteiger partial charge in [0.15, 0.2) is 11.5 Å². The number of nitrogens with one attached hydrogen (secondary N) is 1. The zero-order valence-corrected chi connectivity index (χ0v) is 13.5. The van der Waals surface area contributed by atoms with Crippen LogP contribution in [0, 0.1) is 6.92 Å². The summed E-state index contributed by atoms with van der Waals surface area (Å²) in [6.07, 6.45) is 0.963. The maximum absolute atomic E-state index is 5.89. The summed E-state index contributed by atoms with van der Waals surface area (Å²) in [7, 11) is 1.70. The zero-order valence-electron chi connectivity index (χ0n) is 13.5. The van der Waals surface area contributed by atoms with E-state index in [0.717, 1.165) is 24.5 Å². The summed E-state index contributed by atoms with van der Waals surface area (Å²) in [6, 6.07) is 13.0. The number of hydrogen-bond donors (Lipinski definition) is 1. The Morgan fingerprint density at radius 2 is 1.95 bits per heavy atom. The predicted octanol–water partition coefficient (Wildman–Crippen LogP) is 3.64. The molecular formula is C19H23NO2. The van der Waals surface area contributed by atoms with E-state index in [2.05, 4.69) is 42.6 Å². The molecule has 3 heteroatoms. The van der Waals surface area contributed by atoms with Crippen LogP contribution in [0.15, 0.2) is 36.4 Å². The maximum Gasteiger partial charge on any atom is 0.164 e. The summed E-state index contributed by atoms with van der Waals surface area (Å²) in [5.41, 5.74) is 5.20. The van der Waals surface area contributed by atoms with Gasteiger partial charge < -0.3 is 14.8 Å². The molecule has 3 rings (SSSR count). The highest BCUT2D eigenvalue weighted by atomic mass is 16.5. The highest BCUT2D eigenvalue weighted by molar-refractivity contribution is 5.55. The van der Waals surface area contributed by atoms with Crippen molar-refractivity contribution in [2.75, 3.05) is 20.3 Å². The standard InChI is InChI=1S/C19H23NO2/c1-4-22-19-16-11-12-20-18(14-8-6-5-7-13(14)2)15(16)9-10-17(19)21-3/h5-10,18,20H,4,11-12H2,1-3H3. The molecule has 0 fully saturated rings. The van der Waals surface area contributed by atoms with Gasteiger partial charge >= 0.3 is 0 Å². The molecule has 3 nitrogen and oxygen atoms in total. The van der Waals surface area contributed by atoms with Gasteiger partial charge in [0, 0.05) is 12.1 Å². The molecule has 0 aliphatic carbocycles. The van der Waals surface area contributed by atoms with E-state index in [9.17, 15) is 0 Å². The van der Waals surface area contributed by atoms with Crippen LogP contribution in [0.25, 0.3) is 0 Å². The molecule has 0 spiro atoms. The lowest BCUT2D eigenvalue weighted by molar-refractivity contribution is 0.305. The van der Waals surface area contributed by atoms with Crippen LogP contribution in [-0.4, -0.2) is 20.3 Å². The molecule has 0 aromatic heterocycles. The second kappa shape index (κ2) is 6.41. The van der Waals surface area contributed by atoms with Crippen molar-refractivity contribution in [2.24, 2.45) is 0 Å². The van der Waals surface area contributed by atoms with Crippen molar-refractivity contribution in [3.8, 4) is 11.5 Å². The molecule has 0 radical (unpaired) electrons. The van der Waals surface area contributed by atoms with Crippen LogP contribution < -0.4 is 14.8 Å². The quantitative estimate of drug-likeness (QED) is 0.934. The van der Waals surface area contributed by atoms with E-state index in [4.69, 9.17) is 9.47 Å². The average Bonchev–Trinajstić information content (AvgIpc) is 2.55. The topological polar surface area (TPSA) is 30.5 Å². The molecule has 1 atom stereocenters. The predicted molar refractivity (Wildman–Crippen MR) is 88.9 cm³/mol. The van der Waals surface area contributed by atoms with Gasteiger partial charge in [0.2, 0.25) is 0 Å². The number of hydrogen-bond acceptors (Lipinski definition) is 3. The van der Waals surface area contributed by atoms with Crippen molar-refractivity contribution in [1.29, 1.82) is 0 Å². The van der Waals surface area contributed by atoms with Gasteiger partial charge in [0.1, 0.15) is 0 Å². The molecule has 0 bridgehead atoms. The molecular weight excluding hydrogens is 274 g/mol. The molecule has 116 valence electrons. The minimum Gasteiger partial charge on any atom is -0.493 e. The Morgan fingerprint density at radius 1 is 1.14 bits per heavy atom. The summed E-state index contributed by atoms with van der Waals surface area (Å²) >= 11 is 0. The van der Waals surface area contributed by atoms with Gasteiger partial charge in [0.25, 0.3) is 0 Å². The van der Waals surface area contributed by atoms with Crippen LogP contribution in [0.3, 0.4) is 0 Å². The van der Waals surface area contributed by atoms with Gasteiger partial charge in [-0.05, 0) is 43.0 Å². The summed E-state index contributed by atoms with van der Waals surface area (Å²) in [5.74, 6) is 1.73. The first-order valence-electron chi connectivity index (χ1n) is 7.87. The van der Waals surface area contributed by atoms with E-state index in [1.165, 1.54) is 22.3 Å². The first-order valence-corrected chi connectivity index (χ1v) is 7.87. The zero-order chi connectivity index (χ0) is 15.5. The molecule has 2 aromatic carbocycles. The third-order valence-corrected chi connectivity index (χ3v) is 4.30. The molecule has 2 aromatic rings. The van der Waals surface area contributed by atoms with Crippen LogP contribution in [0.5, 0.6) is 11.5 Å². The third kappa shape index (κ3) is 2.57. The van der Waals surface area contributed by atoms with E-state index in [1.54, 1.807) is 7.11 Å². The maximum atomic E-state index is 5.89. The van der Waals surface area contributed by atoms with Crippen molar-refractivity contribution in [2.45, 2.75) is 26.3 Å². The normalized spacial score (nSPS) is 17.0. The molecule has 1 aliphatic heterocycles. The SMILES string of the molecule is CCOc1c(OC)ccc2c1CCNC2c1ccccc1C. The lowest BCUT2D eigenvalue weighted by Gasteiger charge is -2.30. The molecule has 1 N–H and O–H groups in total. The van der Waals surface area contributed by atoms with Gasteiger partial charge in [0.05, 0.1) is 19.8 Å². The first kappa shape index (κ1) is 14.9. The average molecular weight is 297 g/mol. The highest BCUT2D eigenvalue weighted by Gasteiger charge is 2.26. The van der Waals surface area contributed by atoms with Gasteiger partial charge in [-0.3, -0.25) is 0 Å². The Morgan fingerprint density at radius 3 is 2.68 bits per heavy atom.